The molecule has 3 heterocycles. The lowest BCUT2D eigenvalue weighted by atomic mass is 10.2. The first-order valence-electron chi connectivity index (χ1n) is 8.61. The number of aryl methyl sites for hydroxylation is 1. The molecule has 2 aromatic rings. The van der Waals surface area contributed by atoms with E-state index in [1.165, 1.54) is 0 Å². The van der Waals surface area contributed by atoms with Crippen molar-refractivity contribution in [1.82, 2.24) is 25.0 Å². The molecule has 10 heteroatoms. The quantitative estimate of drug-likeness (QED) is 0.820. The molecule has 0 aromatic carbocycles. The zero-order valence-corrected chi connectivity index (χ0v) is 14.3. The Kier molecular flexibility index (Phi) is 4.29. The van der Waals surface area contributed by atoms with E-state index >= 15 is 0 Å². The Balaban J connectivity index is 1.46. The number of halogens is 3. The van der Waals surface area contributed by atoms with Crippen molar-refractivity contribution in [2.45, 2.75) is 38.4 Å². The van der Waals surface area contributed by atoms with Gasteiger partial charge in [0.05, 0.1) is 6.54 Å². The predicted molar refractivity (Wildman–Crippen MR) is 85.5 cm³/mol. The number of anilines is 1. The minimum Gasteiger partial charge on any atom is -0.354 e. The number of aromatic nitrogens is 4. The molecule has 1 saturated heterocycles. The van der Waals surface area contributed by atoms with Crippen molar-refractivity contribution in [1.29, 1.82) is 0 Å². The maximum Gasteiger partial charge on any atom is 0.433 e. The van der Waals surface area contributed by atoms with Gasteiger partial charge in [0.25, 0.3) is 0 Å². The summed E-state index contributed by atoms with van der Waals surface area (Å²) >= 11 is 0. The van der Waals surface area contributed by atoms with E-state index in [2.05, 4.69) is 25.0 Å². The van der Waals surface area contributed by atoms with Crippen LogP contribution < -0.4 is 4.90 Å². The van der Waals surface area contributed by atoms with E-state index < -0.39 is 11.9 Å². The first-order valence-corrected chi connectivity index (χ1v) is 8.61. The van der Waals surface area contributed by atoms with Gasteiger partial charge in [-0.15, -0.1) is 0 Å². The molecule has 4 rings (SSSR count). The molecule has 0 radical (unpaired) electrons. The molecule has 0 bridgehead atoms. The summed E-state index contributed by atoms with van der Waals surface area (Å²) in [4.78, 5) is 16.3. The molecule has 1 aliphatic heterocycles. The maximum atomic E-state index is 13.2. The van der Waals surface area contributed by atoms with Crippen molar-refractivity contribution in [3.63, 3.8) is 0 Å². The average Bonchev–Trinajstić information content (AvgIpc) is 3.38. The SMILES string of the molecule is Cc1noc(CN2CCN(c3cc(C(F)(F)F)nc(C4CC4)n3)CC2)n1. The van der Waals surface area contributed by atoms with Crippen LogP contribution >= 0.6 is 0 Å². The first-order chi connectivity index (χ1) is 12.4. The third-order valence-electron chi connectivity index (χ3n) is 4.59. The Morgan fingerprint density at radius 2 is 1.85 bits per heavy atom. The Morgan fingerprint density at radius 3 is 2.42 bits per heavy atom. The summed E-state index contributed by atoms with van der Waals surface area (Å²) in [6.07, 6.45) is -2.74. The second-order valence-corrected chi connectivity index (χ2v) is 6.74. The van der Waals surface area contributed by atoms with Crippen molar-refractivity contribution in [2.75, 3.05) is 31.1 Å². The number of hydrogen-bond acceptors (Lipinski definition) is 7. The van der Waals surface area contributed by atoms with Crippen molar-refractivity contribution >= 4 is 5.82 Å². The van der Waals surface area contributed by atoms with E-state index in [4.69, 9.17) is 4.52 Å². The third-order valence-corrected chi connectivity index (χ3v) is 4.59. The summed E-state index contributed by atoms with van der Waals surface area (Å²) in [6, 6.07) is 1.06. The number of piperazine rings is 1. The molecule has 26 heavy (non-hydrogen) atoms. The van der Waals surface area contributed by atoms with Crippen molar-refractivity contribution in [3.8, 4) is 0 Å². The van der Waals surface area contributed by atoms with Crippen molar-refractivity contribution in [3.05, 3.63) is 29.3 Å². The lowest BCUT2D eigenvalue weighted by Gasteiger charge is -2.34. The fourth-order valence-corrected chi connectivity index (χ4v) is 3.01. The van der Waals surface area contributed by atoms with Gasteiger partial charge in [0.1, 0.15) is 17.3 Å². The minimum atomic E-state index is -4.46. The molecule has 2 fully saturated rings. The molecule has 0 spiro atoms. The lowest BCUT2D eigenvalue weighted by molar-refractivity contribution is -0.141. The molecule has 0 N–H and O–H groups in total. The van der Waals surface area contributed by atoms with Crippen LogP contribution in [0, 0.1) is 6.92 Å². The van der Waals surface area contributed by atoms with Crippen LogP contribution in [0.25, 0.3) is 0 Å². The second-order valence-electron chi connectivity index (χ2n) is 6.74. The number of hydrogen-bond donors (Lipinski definition) is 0. The summed E-state index contributed by atoms with van der Waals surface area (Å²) in [7, 11) is 0. The van der Waals surface area contributed by atoms with Gasteiger partial charge >= 0.3 is 6.18 Å². The van der Waals surface area contributed by atoms with Crippen LogP contribution in [0.1, 0.15) is 42.0 Å². The molecular formula is C16H19F3N6O. The maximum absolute atomic E-state index is 13.2. The largest absolute Gasteiger partial charge is 0.433 e. The highest BCUT2D eigenvalue weighted by Gasteiger charge is 2.37. The highest BCUT2D eigenvalue weighted by molar-refractivity contribution is 5.42. The topological polar surface area (TPSA) is 71.2 Å². The van der Waals surface area contributed by atoms with Gasteiger partial charge in [-0.1, -0.05) is 5.16 Å². The Hall–Kier alpha value is -2.23. The first kappa shape index (κ1) is 17.2. The van der Waals surface area contributed by atoms with Gasteiger partial charge < -0.3 is 9.42 Å². The lowest BCUT2D eigenvalue weighted by Crippen LogP contribution is -2.46. The normalized spacial score (nSPS) is 19.2. The standard InChI is InChI=1S/C16H19F3N6O/c1-10-20-14(26-23-10)9-24-4-6-25(7-5-24)13-8-12(16(17,18)19)21-15(22-13)11-2-3-11/h8,11H,2-7,9H2,1H3. The Bertz CT molecular complexity index is 781. The van der Waals surface area contributed by atoms with Crippen molar-refractivity contribution < 1.29 is 17.7 Å². The Labute approximate surface area is 148 Å². The van der Waals surface area contributed by atoms with Gasteiger partial charge in [-0.3, -0.25) is 4.90 Å². The van der Waals surface area contributed by atoms with E-state index in [0.29, 0.717) is 56.1 Å². The molecule has 0 unspecified atom stereocenters. The monoisotopic (exact) mass is 368 g/mol. The molecule has 1 saturated carbocycles. The zero-order chi connectivity index (χ0) is 18.3. The van der Waals surface area contributed by atoms with Crippen LogP contribution in [0.3, 0.4) is 0 Å². The van der Waals surface area contributed by atoms with E-state index in [0.717, 1.165) is 18.9 Å². The fourth-order valence-electron chi connectivity index (χ4n) is 3.01. The van der Waals surface area contributed by atoms with E-state index in [1.807, 2.05) is 4.90 Å². The summed E-state index contributed by atoms with van der Waals surface area (Å²) in [6.45, 7) is 4.85. The van der Waals surface area contributed by atoms with Gasteiger partial charge in [-0.2, -0.15) is 18.2 Å². The summed E-state index contributed by atoms with van der Waals surface area (Å²) in [5.74, 6) is 1.89. The van der Waals surface area contributed by atoms with Crippen LogP contribution in [0.4, 0.5) is 19.0 Å². The van der Waals surface area contributed by atoms with Crippen LogP contribution in [0.15, 0.2) is 10.6 Å². The fraction of sp³-hybridized carbons (Fsp3) is 0.625. The highest BCUT2D eigenvalue weighted by Crippen LogP contribution is 2.40. The van der Waals surface area contributed by atoms with Crippen LogP contribution in [-0.4, -0.2) is 51.2 Å². The average molecular weight is 368 g/mol. The smallest absolute Gasteiger partial charge is 0.354 e. The Morgan fingerprint density at radius 1 is 1.12 bits per heavy atom. The van der Waals surface area contributed by atoms with E-state index in [1.54, 1.807) is 6.92 Å². The van der Waals surface area contributed by atoms with Crippen LogP contribution in [-0.2, 0) is 12.7 Å². The molecule has 0 amide bonds. The van der Waals surface area contributed by atoms with Gasteiger partial charge in [-0.25, -0.2) is 9.97 Å². The predicted octanol–water partition coefficient (Wildman–Crippen LogP) is 2.39. The number of nitrogens with zero attached hydrogens (tertiary/aromatic N) is 6. The highest BCUT2D eigenvalue weighted by atomic mass is 19.4. The summed E-state index contributed by atoms with van der Waals surface area (Å²) < 4.78 is 44.6. The molecule has 2 aromatic heterocycles. The summed E-state index contributed by atoms with van der Waals surface area (Å²) in [5.41, 5.74) is -0.854. The molecule has 1 aliphatic carbocycles. The molecular weight excluding hydrogens is 349 g/mol. The number of alkyl halides is 3. The van der Waals surface area contributed by atoms with Gasteiger partial charge in [-0.05, 0) is 19.8 Å². The van der Waals surface area contributed by atoms with Crippen LogP contribution in [0.5, 0.6) is 0 Å². The van der Waals surface area contributed by atoms with E-state index in [9.17, 15) is 13.2 Å². The number of rotatable bonds is 4. The third kappa shape index (κ3) is 3.79. The van der Waals surface area contributed by atoms with Gasteiger partial charge in [0.2, 0.25) is 5.89 Å². The second kappa shape index (κ2) is 6.49. The molecule has 140 valence electrons. The van der Waals surface area contributed by atoms with Gasteiger partial charge in [0, 0.05) is 38.2 Å². The zero-order valence-electron chi connectivity index (χ0n) is 14.3. The minimum absolute atomic E-state index is 0.0677. The van der Waals surface area contributed by atoms with Crippen LogP contribution in [0.2, 0.25) is 0 Å². The van der Waals surface area contributed by atoms with Crippen molar-refractivity contribution in [2.24, 2.45) is 0 Å². The molecule has 0 atom stereocenters. The van der Waals surface area contributed by atoms with Gasteiger partial charge in [0.15, 0.2) is 5.82 Å². The molecule has 7 nitrogen and oxygen atoms in total. The molecule has 2 aliphatic rings. The van der Waals surface area contributed by atoms with E-state index in [-0.39, 0.29) is 5.92 Å². The summed E-state index contributed by atoms with van der Waals surface area (Å²) in [5, 5.41) is 3.76.